The molecule has 3 rings (SSSR count). The number of fused-ring (bicyclic) bond motifs is 1. The second-order valence-electron chi connectivity index (χ2n) is 4.44. The van der Waals surface area contributed by atoms with Crippen LogP contribution < -0.4 is 5.56 Å². The Labute approximate surface area is 124 Å². The molecule has 0 N–H and O–H groups in total. The molecular formula is C13H10Cl2N4O. The predicted molar refractivity (Wildman–Crippen MR) is 77.5 cm³/mol. The van der Waals surface area contributed by atoms with Crippen molar-refractivity contribution in [2.45, 2.75) is 13.5 Å². The highest BCUT2D eigenvalue weighted by molar-refractivity contribution is 6.29. The van der Waals surface area contributed by atoms with Gasteiger partial charge in [0.05, 0.1) is 6.54 Å². The first-order chi connectivity index (χ1) is 9.54. The average Bonchev–Trinajstić information content (AvgIpc) is 2.79. The lowest BCUT2D eigenvalue weighted by atomic mass is 10.2. The number of halogens is 2. The molecule has 0 fully saturated rings. The van der Waals surface area contributed by atoms with Gasteiger partial charge in [-0.25, -0.2) is 4.98 Å². The van der Waals surface area contributed by atoms with E-state index in [-0.39, 0.29) is 10.7 Å². The number of aromatic nitrogens is 4. The van der Waals surface area contributed by atoms with Gasteiger partial charge in [-0.05, 0) is 18.6 Å². The van der Waals surface area contributed by atoms with E-state index in [0.29, 0.717) is 17.3 Å². The summed E-state index contributed by atoms with van der Waals surface area (Å²) in [6.07, 6.45) is 1.70. The van der Waals surface area contributed by atoms with Gasteiger partial charge < -0.3 is 4.57 Å². The SMILES string of the molecule is Cc1cc(=O)n2nc(Cl)cc2n1Cc1ccc(Cl)nc1. The zero-order valence-electron chi connectivity index (χ0n) is 10.5. The third-order valence-corrected chi connectivity index (χ3v) is 3.44. The van der Waals surface area contributed by atoms with Crippen molar-refractivity contribution >= 4 is 28.8 Å². The van der Waals surface area contributed by atoms with Crippen molar-refractivity contribution in [2.75, 3.05) is 0 Å². The zero-order valence-corrected chi connectivity index (χ0v) is 12.1. The normalized spacial score (nSPS) is 11.2. The van der Waals surface area contributed by atoms with Gasteiger partial charge in [0.2, 0.25) is 0 Å². The molecule has 3 heterocycles. The molecule has 0 spiro atoms. The molecular weight excluding hydrogens is 299 g/mol. The number of hydrogen-bond donors (Lipinski definition) is 0. The first-order valence-corrected chi connectivity index (χ1v) is 6.66. The summed E-state index contributed by atoms with van der Waals surface area (Å²) in [4.78, 5) is 15.9. The van der Waals surface area contributed by atoms with Crippen LogP contribution in [0.3, 0.4) is 0 Å². The average molecular weight is 309 g/mol. The Kier molecular flexibility index (Phi) is 3.23. The molecule has 0 radical (unpaired) electrons. The van der Waals surface area contributed by atoms with Crippen LogP contribution in [0.1, 0.15) is 11.3 Å². The van der Waals surface area contributed by atoms with E-state index < -0.39 is 0 Å². The number of hydrogen-bond acceptors (Lipinski definition) is 3. The maximum atomic E-state index is 11.9. The Bertz CT molecular complexity index is 836. The van der Waals surface area contributed by atoms with E-state index >= 15 is 0 Å². The molecule has 0 aromatic carbocycles. The quantitative estimate of drug-likeness (QED) is 0.684. The fourth-order valence-corrected chi connectivity index (χ4v) is 2.37. The molecule has 0 aliphatic carbocycles. The second kappa shape index (κ2) is 4.92. The maximum Gasteiger partial charge on any atom is 0.274 e. The smallest absolute Gasteiger partial charge is 0.274 e. The summed E-state index contributed by atoms with van der Waals surface area (Å²) in [5.41, 5.74) is 2.25. The fourth-order valence-electron chi connectivity index (χ4n) is 2.08. The third-order valence-electron chi connectivity index (χ3n) is 3.03. The lowest BCUT2D eigenvalue weighted by Crippen LogP contribution is -2.20. The molecule has 0 saturated heterocycles. The monoisotopic (exact) mass is 308 g/mol. The van der Waals surface area contributed by atoms with E-state index in [1.807, 2.05) is 17.6 Å². The Morgan fingerprint density at radius 2 is 2.00 bits per heavy atom. The number of aryl methyl sites for hydroxylation is 1. The van der Waals surface area contributed by atoms with E-state index in [1.54, 1.807) is 18.3 Å². The highest BCUT2D eigenvalue weighted by atomic mass is 35.5. The maximum absolute atomic E-state index is 11.9. The van der Waals surface area contributed by atoms with Gasteiger partial charge in [-0.15, -0.1) is 0 Å². The molecule has 7 heteroatoms. The standard InChI is InChI=1S/C13H10Cl2N4O/c1-8-4-13(20)19-12(5-11(15)17-19)18(8)7-9-2-3-10(14)16-6-9/h2-6H,7H2,1H3. The Morgan fingerprint density at radius 1 is 1.20 bits per heavy atom. The van der Waals surface area contributed by atoms with Gasteiger partial charge in [-0.2, -0.15) is 9.61 Å². The summed E-state index contributed by atoms with van der Waals surface area (Å²) in [7, 11) is 0. The molecule has 0 aliphatic heterocycles. The second-order valence-corrected chi connectivity index (χ2v) is 5.21. The van der Waals surface area contributed by atoms with Crippen LogP contribution in [0, 0.1) is 6.92 Å². The van der Waals surface area contributed by atoms with Gasteiger partial charge in [0.1, 0.15) is 10.8 Å². The van der Waals surface area contributed by atoms with Crippen LogP contribution in [0.25, 0.3) is 5.65 Å². The van der Waals surface area contributed by atoms with Crippen LogP contribution in [0.2, 0.25) is 10.3 Å². The number of rotatable bonds is 2. The molecule has 3 aromatic heterocycles. The Balaban J connectivity index is 2.15. The summed E-state index contributed by atoms with van der Waals surface area (Å²) in [5.74, 6) is 0. The van der Waals surface area contributed by atoms with Crippen molar-refractivity contribution in [1.29, 1.82) is 0 Å². The number of nitrogens with zero attached hydrogens (tertiary/aromatic N) is 4. The largest absolute Gasteiger partial charge is 0.325 e. The summed E-state index contributed by atoms with van der Waals surface area (Å²) < 4.78 is 3.24. The number of pyridine rings is 1. The van der Waals surface area contributed by atoms with E-state index in [1.165, 1.54) is 10.6 Å². The third kappa shape index (κ3) is 2.30. The van der Waals surface area contributed by atoms with E-state index in [2.05, 4.69) is 10.1 Å². The minimum atomic E-state index is -0.199. The van der Waals surface area contributed by atoms with E-state index in [9.17, 15) is 4.79 Å². The van der Waals surface area contributed by atoms with Crippen molar-refractivity contribution in [2.24, 2.45) is 0 Å². The molecule has 5 nitrogen and oxygen atoms in total. The summed E-state index contributed by atoms with van der Waals surface area (Å²) in [5, 5.41) is 4.72. The predicted octanol–water partition coefficient (Wildman–Crippen LogP) is 2.55. The first-order valence-electron chi connectivity index (χ1n) is 5.91. The Morgan fingerprint density at radius 3 is 2.70 bits per heavy atom. The summed E-state index contributed by atoms with van der Waals surface area (Å²) in [6, 6.07) is 6.82. The van der Waals surface area contributed by atoms with E-state index in [0.717, 1.165) is 11.3 Å². The molecule has 20 heavy (non-hydrogen) atoms. The van der Waals surface area contributed by atoms with Crippen LogP contribution in [0.4, 0.5) is 0 Å². The van der Waals surface area contributed by atoms with Gasteiger partial charge in [-0.3, -0.25) is 4.79 Å². The molecule has 0 amide bonds. The van der Waals surface area contributed by atoms with Crippen molar-refractivity contribution in [3.05, 3.63) is 62.4 Å². The van der Waals surface area contributed by atoms with Crippen LogP contribution in [0.5, 0.6) is 0 Å². The lowest BCUT2D eigenvalue weighted by molar-refractivity contribution is 0.736. The van der Waals surface area contributed by atoms with Crippen molar-refractivity contribution in [1.82, 2.24) is 19.2 Å². The minimum absolute atomic E-state index is 0.199. The summed E-state index contributed by atoms with van der Waals surface area (Å²) >= 11 is 11.7. The summed E-state index contributed by atoms with van der Waals surface area (Å²) in [6.45, 7) is 2.42. The van der Waals surface area contributed by atoms with Crippen LogP contribution in [-0.4, -0.2) is 19.2 Å². The minimum Gasteiger partial charge on any atom is -0.325 e. The Hall–Kier alpha value is -1.85. The molecule has 0 aliphatic rings. The van der Waals surface area contributed by atoms with Gasteiger partial charge >= 0.3 is 0 Å². The van der Waals surface area contributed by atoms with Crippen LogP contribution in [-0.2, 0) is 6.54 Å². The highest BCUT2D eigenvalue weighted by Crippen LogP contribution is 2.14. The fraction of sp³-hybridized carbons (Fsp3) is 0.154. The van der Waals surface area contributed by atoms with Crippen LogP contribution >= 0.6 is 23.2 Å². The lowest BCUT2D eigenvalue weighted by Gasteiger charge is -2.12. The highest BCUT2D eigenvalue weighted by Gasteiger charge is 2.10. The molecule has 0 atom stereocenters. The van der Waals surface area contributed by atoms with Gasteiger partial charge in [0, 0.05) is 24.0 Å². The van der Waals surface area contributed by atoms with Crippen molar-refractivity contribution in [3.63, 3.8) is 0 Å². The van der Waals surface area contributed by atoms with Crippen molar-refractivity contribution < 1.29 is 0 Å². The topological polar surface area (TPSA) is 52.2 Å². The van der Waals surface area contributed by atoms with Crippen LogP contribution in [0.15, 0.2) is 35.3 Å². The van der Waals surface area contributed by atoms with Crippen molar-refractivity contribution in [3.8, 4) is 0 Å². The molecule has 0 saturated carbocycles. The zero-order chi connectivity index (χ0) is 14.3. The first kappa shape index (κ1) is 13.1. The van der Waals surface area contributed by atoms with Gasteiger partial charge in [0.25, 0.3) is 5.56 Å². The molecule has 102 valence electrons. The van der Waals surface area contributed by atoms with Gasteiger partial charge in [-0.1, -0.05) is 29.3 Å². The molecule has 0 bridgehead atoms. The molecule has 3 aromatic rings. The molecule has 0 unspecified atom stereocenters. The van der Waals surface area contributed by atoms with Gasteiger partial charge in [0.15, 0.2) is 5.15 Å². The van der Waals surface area contributed by atoms with E-state index in [4.69, 9.17) is 23.2 Å².